The van der Waals surface area contributed by atoms with E-state index < -0.39 is 11.7 Å². The maximum atomic E-state index is 13.0. The van der Waals surface area contributed by atoms with E-state index in [1.807, 2.05) is 0 Å². The molecule has 2 N–H and O–H groups in total. The number of carbonyl (C=O) groups excluding carboxylic acids is 2. The van der Waals surface area contributed by atoms with E-state index in [2.05, 4.69) is 15.6 Å². The highest BCUT2D eigenvalue weighted by Gasteiger charge is 2.12. The molecule has 0 atom stereocenters. The molecule has 0 fully saturated rings. The monoisotopic (exact) mass is 409 g/mol. The first kappa shape index (κ1) is 21.6. The molecular weight excluding hydrogens is 389 g/mol. The molecule has 28 heavy (non-hydrogen) atoms. The van der Waals surface area contributed by atoms with Gasteiger partial charge in [-0.1, -0.05) is 17.7 Å². The lowest BCUT2D eigenvalue weighted by Gasteiger charge is -2.11. The van der Waals surface area contributed by atoms with Crippen molar-refractivity contribution >= 4 is 23.4 Å². The number of rotatable bonds is 10. The first-order valence-corrected chi connectivity index (χ1v) is 8.94. The van der Waals surface area contributed by atoms with Crippen molar-refractivity contribution in [2.75, 3.05) is 26.9 Å². The van der Waals surface area contributed by atoms with Crippen LogP contribution >= 0.6 is 11.6 Å². The average Bonchev–Trinajstić information content (AvgIpc) is 2.67. The lowest BCUT2D eigenvalue weighted by molar-refractivity contribution is -0.121. The molecule has 0 unspecified atom stereocenters. The van der Waals surface area contributed by atoms with Gasteiger partial charge in [0.15, 0.2) is 0 Å². The summed E-state index contributed by atoms with van der Waals surface area (Å²) in [5.41, 5.74) is 0.880. The van der Waals surface area contributed by atoms with Crippen molar-refractivity contribution in [2.45, 2.75) is 13.0 Å². The van der Waals surface area contributed by atoms with Crippen LogP contribution in [0.2, 0.25) is 5.02 Å². The number of hydrogen-bond acceptors (Lipinski definition) is 5. The number of pyridine rings is 1. The normalized spacial score (nSPS) is 10.4. The van der Waals surface area contributed by atoms with Crippen molar-refractivity contribution < 1.29 is 23.5 Å². The zero-order chi connectivity index (χ0) is 20.4. The number of nitrogens with zero attached hydrogens (tertiary/aromatic N) is 1. The van der Waals surface area contributed by atoms with Crippen LogP contribution in [0.25, 0.3) is 0 Å². The largest absolute Gasteiger partial charge is 0.475 e. The summed E-state index contributed by atoms with van der Waals surface area (Å²) in [4.78, 5) is 28.2. The van der Waals surface area contributed by atoms with Crippen LogP contribution in [0.1, 0.15) is 22.3 Å². The summed E-state index contributed by atoms with van der Waals surface area (Å²) >= 11 is 5.84. The Morgan fingerprint density at radius 3 is 2.79 bits per heavy atom. The predicted molar refractivity (Wildman–Crippen MR) is 102 cm³/mol. The van der Waals surface area contributed by atoms with E-state index in [0.717, 1.165) is 17.7 Å². The number of ether oxygens (including phenoxy) is 2. The van der Waals surface area contributed by atoms with Gasteiger partial charge in [-0.15, -0.1) is 0 Å². The second-order valence-corrected chi connectivity index (χ2v) is 6.12. The van der Waals surface area contributed by atoms with E-state index in [1.165, 1.54) is 6.07 Å². The Balaban J connectivity index is 1.76. The van der Waals surface area contributed by atoms with Crippen molar-refractivity contribution in [1.82, 2.24) is 15.6 Å². The molecule has 0 radical (unpaired) electrons. The number of halogens is 2. The number of amides is 2. The Morgan fingerprint density at radius 2 is 2.04 bits per heavy atom. The number of carbonyl (C=O) groups is 2. The molecule has 7 nitrogen and oxygen atoms in total. The molecule has 1 aromatic carbocycles. The minimum atomic E-state index is -0.526. The van der Waals surface area contributed by atoms with Gasteiger partial charge in [-0.05, 0) is 24.3 Å². The lowest BCUT2D eigenvalue weighted by Crippen LogP contribution is -2.30. The average molecular weight is 410 g/mol. The van der Waals surface area contributed by atoms with E-state index >= 15 is 0 Å². The topological polar surface area (TPSA) is 89.6 Å². The van der Waals surface area contributed by atoms with Gasteiger partial charge in [0.1, 0.15) is 12.4 Å². The maximum Gasteiger partial charge on any atom is 0.252 e. The zero-order valence-electron chi connectivity index (χ0n) is 15.3. The number of aromatic nitrogens is 1. The van der Waals surface area contributed by atoms with Gasteiger partial charge in [0.05, 0.1) is 17.2 Å². The number of methoxy groups -OCH3 is 1. The summed E-state index contributed by atoms with van der Waals surface area (Å²) in [6, 6.07) is 7.04. The van der Waals surface area contributed by atoms with Crippen LogP contribution in [0.4, 0.5) is 4.39 Å². The Labute approximate surface area is 167 Å². The molecule has 2 aromatic rings. The summed E-state index contributed by atoms with van der Waals surface area (Å²) < 4.78 is 23.5. The Hall–Kier alpha value is -2.71. The Morgan fingerprint density at radius 1 is 1.21 bits per heavy atom. The summed E-state index contributed by atoms with van der Waals surface area (Å²) in [5, 5.41) is 5.33. The third kappa shape index (κ3) is 6.79. The second kappa shape index (κ2) is 11.2. The minimum Gasteiger partial charge on any atom is -0.475 e. The molecule has 0 aliphatic carbocycles. The van der Waals surface area contributed by atoms with E-state index in [1.54, 1.807) is 25.4 Å². The minimum absolute atomic E-state index is 0.0135. The molecule has 0 aliphatic rings. The molecule has 0 bridgehead atoms. The van der Waals surface area contributed by atoms with Crippen molar-refractivity contribution in [3.63, 3.8) is 0 Å². The quantitative estimate of drug-likeness (QED) is 0.588. The molecule has 2 rings (SSSR count). The SMILES string of the molecule is COCCOc1ncccc1CNC(=O)CCNC(=O)c1ccc(F)cc1Cl. The van der Waals surface area contributed by atoms with Crippen molar-refractivity contribution in [2.24, 2.45) is 0 Å². The second-order valence-electron chi connectivity index (χ2n) is 5.72. The van der Waals surface area contributed by atoms with Gasteiger partial charge in [-0.3, -0.25) is 9.59 Å². The smallest absolute Gasteiger partial charge is 0.252 e. The molecular formula is C19H21ClFN3O4. The van der Waals surface area contributed by atoms with Gasteiger partial charge >= 0.3 is 0 Å². The molecule has 9 heteroatoms. The van der Waals surface area contributed by atoms with Crippen LogP contribution in [0.5, 0.6) is 5.88 Å². The fourth-order valence-electron chi connectivity index (χ4n) is 2.25. The fourth-order valence-corrected chi connectivity index (χ4v) is 2.50. The first-order chi connectivity index (χ1) is 13.5. The molecule has 0 saturated carbocycles. The Kier molecular flexibility index (Phi) is 8.64. The third-order valence-corrected chi connectivity index (χ3v) is 3.98. The van der Waals surface area contributed by atoms with Gasteiger partial charge in [-0.2, -0.15) is 0 Å². The number of benzene rings is 1. The van der Waals surface area contributed by atoms with Crippen molar-refractivity contribution in [1.29, 1.82) is 0 Å². The number of nitrogens with one attached hydrogen (secondary N) is 2. The molecule has 1 heterocycles. The zero-order valence-corrected chi connectivity index (χ0v) is 16.1. The van der Waals surface area contributed by atoms with Crippen LogP contribution in [-0.4, -0.2) is 43.7 Å². The van der Waals surface area contributed by atoms with Crippen LogP contribution in [0.3, 0.4) is 0 Å². The lowest BCUT2D eigenvalue weighted by atomic mass is 10.2. The molecule has 0 spiro atoms. The fraction of sp³-hybridized carbons (Fsp3) is 0.316. The van der Waals surface area contributed by atoms with Crippen LogP contribution in [0, 0.1) is 5.82 Å². The van der Waals surface area contributed by atoms with Crippen LogP contribution < -0.4 is 15.4 Å². The molecule has 0 saturated heterocycles. The summed E-state index contributed by atoms with van der Waals surface area (Å²) in [6.45, 7) is 1.14. The van der Waals surface area contributed by atoms with E-state index in [4.69, 9.17) is 21.1 Å². The standard InChI is InChI=1S/C19H21ClFN3O4/c1-27-9-10-28-19-13(3-2-7-23-19)12-24-17(25)6-8-22-18(26)15-5-4-14(21)11-16(15)20/h2-5,7,11H,6,8-10,12H2,1H3,(H,22,26)(H,24,25). The van der Waals surface area contributed by atoms with E-state index in [0.29, 0.717) is 19.1 Å². The van der Waals surface area contributed by atoms with Gasteiger partial charge < -0.3 is 20.1 Å². The summed E-state index contributed by atoms with van der Waals surface area (Å²) in [5.74, 6) is -0.822. The van der Waals surface area contributed by atoms with Crippen molar-refractivity contribution in [3.8, 4) is 5.88 Å². The molecule has 150 valence electrons. The van der Waals surface area contributed by atoms with Crippen LogP contribution in [-0.2, 0) is 16.1 Å². The van der Waals surface area contributed by atoms with Gasteiger partial charge in [0.2, 0.25) is 11.8 Å². The van der Waals surface area contributed by atoms with E-state index in [-0.39, 0.29) is 36.0 Å². The molecule has 2 amide bonds. The van der Waals surface area contributed by atoms with Crippen LogP contribution in [0.15, 0.2) is 36.5 Å². The van der Waals surface area contributed by atoms with E-state index in [9.17, 15) is 14.0 Å². The van der Waals surface area contributed by atoms with Gasteiger partial charge in [0.25, 0.3) is 5.91 Å². The highest BCUT2D eigenvalue weighted by molar-refractivity contribution is 6.33. The van der Waals surface area contributed by atoms with Gasteiger partial charge in [0, 0.05) is 38.4 Å². The Bertz CT molecular complexity index is 820. The first-order valence-electron chi connectivity index (χ1n) is 8.57. The van der Waals surface area contributed by atoms with Gasteiger partial charge in [-0.25, -0.2) is 9.37 Å². The number of hydrogen-bond donors (Lipinski definition) is 2. The maximum absolute atomic E-state index is 13.0. The summed E-state index contributed by atoms with van der Waals surface area (Å²) in [6.07, 6.45) is 1.67. The highest BCUT2D eigenvalue weighted by atomic mass is 35.5. The highest BCUT2D eigenvalue weighted by Crippen LogP contribution is 2.17. The third-order valence-electron chi connectivity index (χ3n) is 3.67. The van der Waals surface area contributed by atoms with Crippen molar-refractivity contribution in [3.05, 3.63) is 58.5 Å². The summed E-state index contributed by atoms with van der Waals surface area (Å²) in [7, 11) is 1.58. The molecule has 0 aliphatic heterocycles. The predicted octanol–water partition coefficient (Wildman–Crippen LogP) is 2.34. The molecule has 1 aromatic heterocycles.